The van der Waals surface area contributed by atoms with E-state index in [-0.39, 0.29) is 56.1 Å². The van der Waals surface area contributed by atoms with Gasteiger partial charge in [-0.15, -0.1) is 59.6 Å². The first-order valence-corrected chi connectivity index (χ1v) is 35.4. The molecule has 0 saturated heterocycles. The number of carbonyl (C=O) groups excluding carboxylic acids is 2. The molecule has 0 saturated carbocycles. The lowest BCUT2D eigenvalue weighted by Gasteiger charge is -2.10. The van der Waals surface area contributed by atoms with Crippen molar-refractivity contribution in [3.05, 3.63) is 179 Å². The van der Waals surface area contributed by atoms with Crippen molar-refractivity contribution in [3.63, 3.8) is 0 Å². The van der Waals surface area contributed by atoms with E-state index in [1.807, 2.05) is 250 Å². The van der Waals surface area contributed by atoms with Crippen LogP contribution in [-0.2, 0) is 25.7 Å². The number of hydrogen-bond donors (Lipinski definition) is 5. The summed E-state index contributed by atoms with van der Waals surface area (Å²) in [6.07, 6.45) is 1.56. The number of aldehydes is 2. The van der Waals surface area contributed by atoms with Gasteiger partial charge in [-0.1, -0.05) is 132 Å². The highest BCUT2D eigenvalue weighted by Crippen LogP contribution is 2.16. The van der Waals surface area contributed by atoms with Gasteiger partial charge in [-0.25, -0.2) is 0 Å². The normalized spacial score (nSPS) is 9.08. The molecule has 0 aromatic heterocycles. The quantitative estimate of drug-likeness (QED) is 0.0254. The number of hydrogen-bond acceptors (Lipinski definition) is 17. The third kappa shape index (κ3) is 83.2. The average molecular weight is 1510 g/mol. The Morgan fingerprint density at radius 1 is 0.300 bits per heavy atom. The Morgan fingerprint density at radius 2 is 0.480 bits per heavy atom. The van der Waals surface area contributed by atoms with E-state index in [2.05, 4.69) is 19.6 Å². The number of phenols is 2. The molecule has 0 aliphatic heterocycles. The number of rotatable bonds is 26. The number of aromatic hydroxyl groups is 2. The second kappa shape index (κ2) is 89.6. The molecule has 6 aromatic rings. The Labute approximate surface area is 636 Å². The minimum absolute atomic E-state index is 0. The lowest BCUT2D eigenvalue weighted by molar-refractivity contribution is 0.111. The SMILES string of the molecule is CC.CC.CC.CC.CC.CC.CN(C)CCCl.CN(C)CCCl.CN(C)CCOc1ccc(C=O)cc1.CN(C)CCOc1ccc(CCl)cc1.CN(C)CCOc1ccc(CO)cc1.CN(C)CCOc1ccc(CO)cc1.Cl.Cl.O=Cc1ccc(O)cc1.OCc1ccc(O)cc1. The molecule has 0 fully saturated rings. The molecule has 6 rings (SSSR count). The molecular weight excluding hydrogens is 1370 g/mol. The highest BCUT2D eigenvalue weighted by Gasteiger charge is 2.00. The van der Waals surface area contributed by atoms with Crippen LogP contribution in [0.15, 0.2) is 146 Å². The monoisotopic (exact) mass is 1510 g/mol. The Kier molecular flexibility index (Phi) is 104. The van der Waals surface area contributed by atoms with E-state index in [0.29, 0.717) is 43.4 Å². The van der Waals surface area contributed by atoms with Crippen LogP contribution in [0.2, 0.25) is 0 Å². The van der Waals surface area contributed by atoms with Crippen LogP contribution in [0.3, 0.4) is 0 Å². The number of ether oxygens (including phenoxy) is 4. The molecule has 6 aromatic carbocycles. The van der Waals surface area contributed by atoms with Gasteiger partial charge in [0, 0.05) is 68.0 Å². The number of halogens is 5. The maximum atomic E-state index is 10.4. The summed E-state index contributed by atoms with van der Waals surface area (Å²) in [6, 6.07) is 42.5. The largest absolute Gasteiger partial charge is 0.508 e. The van der Waals surface area contributed by atoms with Crippen LogP contribution in [0.25, 0.3) is 0 Å². The summed E-state index contributed by atoms with van der Waals surface area (Å²) >= 11 is 16.4. The Morgan fingerprint density at radius 3 is 0.650 bits per heavy atom. The molecule has 0 aliphatic rings. The Hall–Kier alpha value is -5.45. The summed E-state index contributed by atoms with van der Waals surface area (Å²) in [6.45, 7) is 32.5. The van der Waals surface area contributed by atoms with E-state index in [1.165, 1.54) is 12.1 Å². The number of carbonyl (C=O) groups is 2. The van der Waals surface area contributed by atoms with E-state index >= 15 is 0 Å². The average Bonchev–Trinajstić information content (AvgIpc) is 1.05. The molecule has 0 spiro atoms. The van der Waals surface area contributed by atoms with E-state index < -0.39 is 0 Å². The first kappa shape index (κ1) is 116. The first-order valence-electron chi connectivity index (χ1n) is 33.8. The van der Waals surface area contributed by atoms with E-state index in [1.54, 1.807) is 60.7 Å². The molecule has 0 atom stereocenters. The van der Waals surface area contributed by atoms with Gasteiger partial charge in [-0.05, 0) is 204 Å². The number of likely N-dealkylation sites (N-methyl/N-ethyl adjacent to an activating group) is 4. The zero-order valence-corrected chi connectivity index (χ0v) is 69.5. The highest BCUT2D eigenvalue weighted by molar-refractivity contribution is 6.18. The van der Waals surface area contributed by atoms with E-state index in [0.717, 1.165) is 109 Å². The minimum atomic E-state index is 0. The Bertz CT molecular complexity index is 2350. The van der Waals surface area contributed by atoms with Crippen LogP contribution >= 0.6 is 59.6 Å². The third-order valence-electron chi connectivity index (χ3n) is 10.7. The van der Waals surface area contributed by atoms with Crippen LogP contribution in [0, 0.1) is 0 Å². The van der Waals surface area contributed by atoms with Gasteiger partial charge in [0.25, 0.3) is 0 Å². The van der Waals surface area contributed by atoms with Crippen molar-refractivity contribution >= 4 is 72.2 Å². The lowest BCUT2D eigenvalue weighted by Crippen LogP contribution is -2.19. The second-order valence-electron chi connectivity index (χ2n) is 20.2. The maximum Gasteiger partial charge on any atom is 0.150 e. The van der Waals surface area contributed by atoms with Gasteiger partial charge in [-0.2, -0.15) is 0 Å². The number of phenolic OH excluding ortho intramolecular Hbond substituents is 2. The Balaban J connectivity index is -0.000000114. The van der Waals surface area contributed by atoms with Gasteiger partial charge in [0.1, 0.15) is 73.5 Å². The molecule has 0 bridgehead atoms. The molecular formula is C78H137Cl5N6O11. The summed E-state index contributed by atoms with van der Waals surface area (Å²) in [5.41, 5.74) is 4.99. The molecule has 5 N–H and O–H groups in total. The number of nitrogens with zero attached hydrogens (tertiary/aromatic N) is 6. The van der Waals surface area contributed by atoms with Crippen molar-refractivity contribution in [2.45, 2.75) is 109 Å². The van der Waals surface area contributed by atoms with Gasteiger partial charge >= 0.3 is 0 Å². The predicted molar refractivity (Wildman–Crippen MR) is 437 cm³/mol. The molecule has 17 nitrogen and oxygen atoms in total. The van der Waals surface area contributed by atoms with Crippen LogP contribution in [0.4, 0.5) is 0 Å². The fourth-order valence-corrected chi connectivity index (χ4v) is 6.43. The minimum Gasteiger partial charge on any atom is -0.508 e. The van der Waals surface area contributed by atoms with Gasteiger partial charge in [0.05, 0.1) is 19.8 Å². The van der Waals surface area contributed by atoms with Crippen molar-refractivity contribution in [1.29, 1.82) is 0 Å². The predicted octanol–water partition coefficient (Wildman–Crippen LogP) is 16.7. The number of aliphatic hydroxyl groups excluding tert-OH is 3. The molecule has 22 heteroatoms. The fourth-order valence-electron chi connectivity index (χ4n) is 5.58. The van der Waals surface area contributed by atoms with Gasteiger partial charge < -0.3 is 73.9 Å². The van der Waals surface area contributed by atoms with Crippen LogP contribution in [-0.4, -0.2) is 230 Å². The molecule has 100 heavy (non-hydrogen) atoms. The number of aliphatic hydroxyl groups is 3. The van der Waals surface area contributed by atoms with Gasteiger partial charge in [0.15, 0.2) is 0 Å². The topological polar surface area (TPSA) is 192 Å². The van der Waals surface area contributed by atoms with Gasteiger partial charge in [0.2, 0.25) is 0 Å². The summed E-state index contributed by atoms with van der Waals surface area (Å²) in [5.74, 6) is 5.83. The standard InChI is InChI=1S/C11H16ClNO.2C11H17NO2.C11H15NO2.C7H8O2.C7H6O2.2C4H10ClN.6C2H6.2ClH/c1-13(2)7-8-14-11-5-3-10(9-12)4-6-11;3*1-12(2)7-8-14-11-5-3-10(9-13)4-6-11;2*8-5-6-1-3-7(9)4-2-6;2*1-6(2)4-3-5;6*1-2;;/h3-6H,7-9H2,1-2H3;2*3-6,13H,7-9H2,1-2H3;3-6,9H,7-8H2,1-2H3;1-4,8-9H,5H2;1-5,9H;2*3-4H2,1-2H3;6*1-2H3;2*1H. The molecule has 0 radical (unpaired) electrons. The number of benzene rings is 6. The fraction of sp³-hybridized carbons (Fsp3) is 0.513. The van der Waals surface area contributed by atoms with E-state index in [4.69, 9.17) is 79.3 Å². The zero-order chi connectivity index (χ0) is 76.9. The van der Waals surface area contributed by atoms with Crippen LogP contribution in [0.1, 0.15) is 126 Å². The van der Waals surface area contributed by atoms with Crippen LogP contribution in [0.5, 0.6) is 34.5 Å². The molecule has 0 aliphatic carbocycles. The maximum absolute atomic E-state index is 10.4. The smallest absolute Gasteiger partial charge is 0.150 e. The third-order valence-corrected chi connectivity index (χ3v) is 11.4. The zero-order valence-electron chi connectivity index (χ0n) is 65.6. The summed E-state index contributed by atoms with van der Waals surface area (Å²) < 4.78 is 22.0. The number of alkyl halides is 3. The van der Waals surface area contributed by atoms with Crippen molar-refractivity contribution in [2.24, 2.45) is 0 Å². The summed E-state index contributed by atoms with van der Waals surface area (Å²) in [7, 11) is 24.1. The first-order chi connectivity index (χ1) is 47.1. The van der Waals surface area contributed by atoms with Crippen molar-refractivity contribution in [3.8, 4) is 34.5 Å². The van der Waals surface area contributed by atoms with Crippen molar-refractivity contribution in [2.75, 3.05) is 162 Å². The molecule has 0 heterocycles. The van der Waals surface area contributed by atoms with Crippen molar-refractivity contribution < 1.29 is 54.1 Å². The summed E-state index contributed by atoms with van der Waals surface area (Å²) in [4.78, 5) is 32.8. The highest BCUT2D eigenvalue weighted by atomic mass is 35.5. The second-order valence-corrected chi connectivity index (χ2v) is 21.2. The van der Waals surface area contributed by atoms with E-state index in [9.17, 15) is 9.59 Å². The van der Waals surface area contributed by atoms with Crippen LogP contribution < -0.4 is 18.9 Å². The molecule has 580 valence electrons. The lowest BCUT2D eigenvalue weighted by atomic mass is 10.2. The molecule has 0 unspecified atom stereocenters. The van der Waals surface area contributed by atoms with Gasteiger partial charge in [-0.3, -0.25) is 9.59 Å². The molecule has 0 amide bonds. The summed E-state index contributed by atoms with van der Waals surface area (Å²) in [5, 5.41) is 43.7. The van der Waals surface area contributed by atoms with Crippen molar-refractivity contribution in [1.82, 2.24) is 29.4 Å².